The van der Waals surface area contributed by atoms with Gasteiger partial charge in [-0.05, 0) is 36.5 Å². The summed E-state index contributed by atoms with van der Waals surface area (Å²) >= 11 is 5.84. The number of benzene rings is 1. The van der Waals surface area contributed by atoms with Crippen molar-refractivity contribution in [1.82, 2.24) is 14.7 Å². The van der Waals surface area contributed by atoms with Crippen LogP contribution in [0.4, 0.5) is 0 Å². The maximum Gasteiger partial charge on any atom is 0.253 e. The van der Waals surface area contributed by atoms with Crippen molar-refractivity contribution >= 4 is 17.5 Å². The van der Waals surface area contributed by atoms with Crippen LogP contribution in [-0.2, 0) is 6.54 Å². The summed E-state index contributed by atoms with van der Waals surface area (Å²) < 4.78 is 1.78. The van der Waals surface area contributed by atoms with E-state index in [9.17, 15) is 4.79 Å². The summed E-state index contributed by atoms with van der Waals surface area (Å²) in [5.74, 6) is 0.804. The van der Waals surface area contributed by atoms with Crippen LogP contribution in [0.15, 0.2) is 36.7 Å². The number of hydrogen-bond donors (Lipinski definition) is 0. The van der Waals surface area contributed by atoms with Crippen LogP contribution in [0.2, 0.25) is 5.02 Å². The van der Waals surface area contributed by atoms with Crippen LogP contribution in [0.1, 0.15) is 28.8 Å². The van der Waals surface area contributed by atoms with Crippen molar-refractivity contribution in [3.05, 3.63) is 52.8 Å². The molecule has 4 nitrogen and oxygen atoms in total. The molecule has 0 aliphatic heterocycles. The lowest BCUT2D eigenvalue weighted by Crippen LogP contribution is -2.28. The second-order valence-electron chi connectivity index (χ2n) is 5.68. The normalized spacial score (nSPS) is 14.2. The third-order valence-electron chi connectivity index (χ3n) is 3.72. The van der Waals surface area contributed by atoms with Crippen LogP contribution in [0.3, 0.4) is 0 Å². The lowest BCUT2D eigenvalue weighted by molar-refractivity contribution is 0.0788. The van der Waals surface area contributed by atoms with Gasteiger partial charge in [-0.2, -0.15) is 5.10 Å². The summed E-state index contributed by atoms with van der Waals surface area (Å²) in [7, 11) is 1.88. The smallest absolute Gasteiger partial charge is 0.253 e. The van der Waals surface area contributed by atoms with Crippen LogP contribution in [-0.4, -0.2) is 34.2 Å². The SMILES string of the molecule is CN(CC1CC1)C(=O)c1ccc(Cn2cc(Cl)cn2)cc1. The van der Waals surface area contributed by atoms with Crippen LogP contribution >= 0.6 is 11.6 Å². The van der Waals surface area contributed by atoms with Gasteiger partial charge in [-0.1, -0.05) is 23.7 Å². The molecule has 1 aromatic carbocycles. The molecule has 1 saturated carbocycles. The van der Waals surface area contributed by atoms with E-state index < -0.39 is 0 Å². The maximum atomic E-state index is 12.3. The second kappa shape index (κ2) is 5.90. The Morgan fingerprint density at radius 2 is 2.10 bits per heavy atom. The Hall–Kier alpha value is -1.81. The summed E-state index contributed by atoms with van der Waals surface area (Å²) in [6, 6.07) is 7.69. The van der Waals surface area contributed by atoms with Gasteiger partial charge in [0.2, 0.25) is 0 Å². The van der Waals surface area contributed by atoms with E-state index in [0.29, 0.717) is 17.5 Å². The van der Waals surface area contributed by atoms with Gasteiger partial charge < -0.3 is 4.90 Å². The summed E-state index contributed by atoms with van der Waals surface area (Å²) in [6.45, 7) is 1.52. The molecule has 1 aliphatic rings. The molecule has 3 rings (SSSR count). The second-order valence-corrected chi connectivity index (χ2v) is 6.12. The maximum absolute atomic E-state index is 12.3. The Bertz CT molecular complexity index is 631. The van der Waals surface area contributed by atoms with Crippen molar-refractivity contribution < 1.29 is 4.79 Å². The fraction of sp³-hybridized carbons (Fsp3) is 0.375. The van der Waals surface area contributed by atoms with E-state index in [2.05, 4.69) is 5.10 Å². The van der Waals surface area contributed by atoms with E-state index in [-0.39, 0.29) is 5.91 Å². The lowest BCUT2D eigenvalue weighted by atomic mass is 10.1. The van der Waals surface area contributed by atoms with Gasteiger partial charge in [-0.25, -0.2) is 0 Å². The highest BCUT2D eigenvalue weighted by molar-refractivity contribution is 6.30. The highest BCUT2D eigenvalue weighted by atomic mass is 35.5. The van der Waals surface area contributed by atoms with Gasteiger partial charge in [0.05, 0.1) is 17.8 Å². The quantitative estimate of drug-likeness (QED) is 0.851. The monoisotopic (exact) mass is 303 g/mol. The average molecular weight is 304 g/mol. The Morgan fingerprint density at radius 3 is 2.67 bits per heavy atom. The van der Waals surface area contributed by atoms with Gasteiger partial charge in [-0.15, -0.1) is 0 Å². The Morgan fingerprint density at radius 1 is 1.38 bits per heavy atom. The lowest BCUT2D eigenvalue weighted by Gasteiger charge is -2.16. The molecule has 1 fully saturated rings. The number of carbonyl (C=O) groups excluding carboxylic acids is 1. The molecule has 0 saturated heterocycles. The van der Waals surface area contributed by atoms with Crippen molar-refractivity contribution in [2.24, 2.45) is 5.92 Å². The molecule has 0 N–H and O–H groups in total. The molecule has 2 aromatic rings. The number of hydrogen-bond acceptors (Lipinski definition) is 2. The molecule has 110 valence electrons. The summed E-state index contributed by atoms with van der Waals surface area (Å²) in [6.07, 6.45) is 5.91. The minimum Gasteiger partial charge on any atom is -0.341 e. The molecule has 0 spiro atoms. The predicted octanol–water partition coefficient (Wildman–Crippen LogP) is 3.07. The van der Waals surface area contributed by atoms with Gasteiger partial charge in [0, 0.05) is 25.4 Å². The topological polar surface area (TPSA) is 38.1 Å². The van der Waals surface area contributed by atoms with E-state index in [1.54, 1.807) is 17.1 Å². The fourth-order valence-electron chi connectivity index (χ4n) is 2.36. The number of nitrogens with zero attached hydrogens (tertiary/aromatic N) is 3. The summed E-state index contributed by atoms with van der Waals surface area (Å²) in [5.41, 5.74) is 1.83. The number of rotatable bonds is 5. The van der Waals surface area contributed by atoms with Gasteiger partial charge in [0.1, 0.15) is 0 Å². The van der Waals surface area contributed by atoms with Gasteiger partial charge in [0.15, 0.2) is 0 Å². The number of halogens is 1. The molecule has 0 atom stereocenters. The molecule has 1 aromatic heterocycles. The Kier molecular flexibility index (Phi) is 3.97. The summed E-state index contributed by atoms with van der Waals surface area (Å²) in [5, 5.41) is 4.77. The van der Waals surface area contributed by atoms with Gasteiger partial charge in [-0.3, -0.25) is 9.48 Å². The Labute approximate surface area is 129 Å². The molecule has 21 heavy (non-hydrogen) atoms. The van der Waals surface area contributed by atoms with Gasteiger partial charge >= 0.3 is 0 Å². The minimum atomic E-state index is 0.0931. The molecule has 1 aliphatic carbocycles. The highest BCUT2D eigenvalue weighted by Gasteiger charge is 2.25. The molecule has 5 heteroatoms. The first-order chi connectivity index (χ1) is 10.1. The van der Waals surface area contributed by atoms with E-state index in [4.69, 9.17) is 11.6 Å². The third kappa shape index (κ3) is 3.64. The zero-order chi connectivity index (χ0) is 14.8. The molecule has 0 bridgehead atoms. The summed E-state index contributed by atoms with van der Waals surface area (Å²) in [4.78, 5) is 14.1. The molecule has 0 radical (unpaired) electrons. The first-order valence-corrected chi connectivity index (χ1v) is 7.52. The van der Waals surface area contributed by atoms with E-state index in [1.807, 2.05) is 36.2 Å². The third-order valence-corrected chi connectivity index (χ3v) is 3.92. The average Bonchev–Trinajstić information content (AvgIpc) is 3.20. The van der Waals surface area contributed by atoms with Crippen LogP contribution in [0.5, 0.6) is 0 Å². The zero-order valence-corrected chi connectivity index (χ0v) is 12.8. The van der Waals surface area contributed by atoms with Crippen molar-refractivity contribution in [1.29, 1.82) is 0 Å². The number of aromatic nitrogens is 2. The van der Waals surface area contributed by atoms with Gasteiger partial charge in [0.25, 0.3) is 5.91 Å². The highest BCUT2D eigenvalue weighted by Crippen LogP contribution is 2.29. The van der Waals surface area contributed by atoms with Crippen LogP contribution in [0.25, 0.3) is 0 Å². The Balaban J connectivity index is 1.64. The minimum absolute atomic E-state index is 0.0931. The van der Waals surface area contributed by atoms with Crippen LogP contribution < -0.4 is 0 Å². The van der Waals surface area contributed by atoms with Crippen molar-refractivity contribution in [2.45, 2.75) is 19.4 Å². The molecular formula is C16H18ClN3O. The molecular weight excluding hydrogens is 286 g/mol. The van der Waals surface area contributed by atoms with Crippen molar-refractivity contribution in [3.8, 4) is 0 Å². The molecule has 0 unspecified atom stereocenters. The first-order valence-electron chi connectivity index (χ1n) is 7.14. The van der Waals surface area contributed by atoms with E-state index >= 15 is 0 Å². The van der Waals surface area contributed by atoms with Crippen LogP contribution in [0, 0.1) is 5.92 Å². The predicted molar refractivity (Wildman–Crippen MR) is 82.5 cm³/mol. The standard InChI is InChI=1S/C16H18ClN3O/c1-19(9-12-2-3-12)16(21)14-6-4-13(5-7-14)10-20-11-15(17)8-18-20/h4-8,11-12H,2-3,9-10H2,1H3. The number of carbonyl (C=O) groups is 1. The van der Waals surface area contributed by atoms with E-state index in [0.717, 1.165) is 17.7 Å². The molecule has 1 amide bonds. The van der Waals surface area contributed by atoms with Crippen molar-refractivity contribution in [3.63, 3.8) is 0 Å². The fourth-order valence-corrected chi connectivity index (χ4v) is 2.51. The van der Waals surface area contributed by atoms with Crippen molar-refractivity contribution in [2.75, 3.05) is 13.6 Å². The largest absolute Gasteiger partial charge is 0.341 e. The number of amides is 1. The zero-order valence-electron chi connectivity index (χ0n) is 12.0. The van der Waals surface area contributed by atoms with E-state index in [1.165, 1.54) is 12.8 Å². The molecule has 1 heterocycles. The first kappa shape index (κ1) is 14.1.